The van der Waals surface area contributed by atoms with Gasteiger partial charge in [-0.05, 0) is 18.8 Å². The zero-order valence-electron chi connectivity index (χ0n) is 13.7. The molecule has 0 radical (unpaired) electrons. The van der Waals surface area contributed by atoms with E-state index in [0.717, 1.165) is 25.2 Å². The third-order valence-electron chi connectivity index (χ3n) is 4.15. The average Bonchev–Trinajstić information content (AvgIpc) is 3.20. The van der Waals surface area contributed by atoms with Crippen molar-refractivity contribution in [2.45, 2.75) is 51.8 Å². The minimum absolute atomic E-state index is 0.451. The number of rotatable bonds is 7. The average molecular weight is 320 g/mol. The molecule has 8 heteroatoms. The van der Waals surface area contributed by atoms with Crippen molar-refractivity contribution in [1.82, 2.24) is 30.0 Å². The summed E-state index contributed by atoms with van der Waals surface area (Å²) >= 11 is 0. The van der Waals surface area contributed by atoms with E-state index in [9.17, 15) is 5.11 Å². The van der Waals surface area contributed by atoms with Crippen LogP contribution in [0, 0.1) is 5.92 Å². The molecule has 3 rings (SSSR count). The molecule has 0 bridgehead atoms. The van der Waals surface area contributed by atoms with Gasteiger partial charge in [0.05, 0.1) is 24.9 Å². The summed E-state index contributed by atoms with van der Waals surface area (Å²) in [7, 11) is 0. The summed E-state index contributed by atoms with van der Waals surface area (Å²) in [6.45, 7) is 6.76. The zero-order valence-corrected chi connectivity index (χ0v) is 13.7. The van der Waals surface area contributed by atoms with Crippen LogP contribution in [0.3, 0.4) is 0 Å². The van der Waals surface area contributed by atoms with Gasteiger partial charge >= 0.3 is 0 Å². The SMILES string of the molecule is CC(C)CCc1noc(CN2CCC(O)(Cn3ccnn3)C2)n1. The Bertz CT molecular complexity index is 611. The molecule has 1 atom stereocenters. The molecule has 1 aliphatic rings. The van der Waals surface area contributed by atoms with Gasteiger partial charge in [0, 0.05) is 25.7 Å². The Labute approximate surface area is 135 Å². The standard InChI is InChI=1S/C15H24N6O2/c1-12(2)3-4-13-17-14(23-18-13)9-20-7-5-15(22,10-20)11-21-8-6-16-19-21/h6,8,12,22H,3-5,7,9-11H2,1-2H3. The molecule has 0 amide bonds. The maximum Gasteiger partial charge on any atom is 0.240 e. The molecule has 1 N–H and O–H groups in total. The first kappa shape index (κ1) is 16.1. The fourth-order valence-electron chi connectivity index (χ4n) is 2.89. The van der Waals surface area contributed by atoms with E-state index < -0.39 is 5.60 Å². The summed E-state index contributed by atoms with van der Waals surface area (Å²) in [5.74, 6) is 2.02. The van der Waals surface area contributed by atoms with Crippen molar-refractivity contribution < 1.29 is 9.63 Å². The van der Waals surface area contributed by atoms with Crippen LogP contribution in [-0.4, -0.2) is 53.8 Å². The van der Waals surface area contributed by atoms with Crippen molar-refractivity contribution in [2.24, 2.45) is 5.92 Å². The lowest BCUT2D eigenvalue weighted by atomic mass is 10.0. The van der Waals surface area contributed by atoms with Gasteiger partial charge in [0.1, 0.15) is 0 Å². The van der Waals surface area contributed by atoms with Crippen LogP contribution in [-0.2, 0) is 19.5 Å². The van der Waals surface area contributed by atoms with Gasteiger partial charge in [-0.1, -0.05) is 24.2 Å². The number of aliphatic hydroxyl groups is 1. The lowest BCUT2D eigenvalue weighted by molar-refractivity contribution is 0.0265. The van der Waals surface area contributed by atoms with Crippen molar-refractivity contribution in [3.05, 3.63) is 24.1 Å². The first-order valence-corrected chi connectivity index (χ1v) is 8.13. The van der Waals surface area contributed by atoms with Gasteiger partial charge in [-0.3, -0.25) is 4.90 Å². The highest BCUT2D eigenvalue weighted by atomic mass is 16.5. The van der Waals surface area contributed by atoms with E-state index in [1.54, 1.807) is 17.1 Å². The number of nitrogens with zero attached hydrogens (tertiary/aromatic N) is 6. The van der Waals surface area contributed by atoms with Crippen molar-refractivity contribution >= 4 is 0 Å². The zero-order chi connectivity index (χ0) is 16.3. The number of aromatic nitrogens is 5. The molecule has 1 fully saturated rings. The van der Waals surface area contributed by atoms with Gasteiger partial charge in [0.15, 0.2) is 5.82 Å². The maximum atomic E-state index is 10.7. The molecule has 8 nitrogen and oxygen atoms in total. The lowest BCUT2D eigenvalue weighted by Crippen LogP contribution is -2.37. The van der Waals surface area contributed by atoms with E-state index in [1.807, 2.05) is 0 Å². The molecule has 23 heavy (non-hydrogen) atoms. The summed E-state index contributed by atoms with van der Waals surface area (Å²) in [4.78, 5) is 6.58. The van der Waals surface area contributed by atoms with Gasteiger partial charge in [-0.15, -0.1) is 5.10 Å². The van der Waals surface area contributed by atoms with Gasteiger partial charge in [0.2, 0.25) is 5.89 Å². The lowest BCUT2D eigenvalue weighted by Gasteiger charge is -2.22. The van der Waals surface area contributed by atoms with E-state index in [0.29, 0.717) is 37.9 Å². The molecule has 0 saturated carbocycles. The fraction of sp³-hybridized carbons (Fsp3) is 0.733. The summed E-state index contributed by atoms with van der Waals surface area (Å²) in [6, 6.07) is 0. The molecule has 1 unspecified atom stereocenters. The molecule has 2 aromatic rings. The fourth-order valence-corrected chi connectivity index (χ4v) is 2.89. The molecule has 0 spiro atoms. The van der Waals surface area contributed by atoms with E-state index in [2.05, 4.69) is 39.2 Å². The Morgan fingerprint density at radius 1 is 1.43 bits per heavy atom. The molecule has 2 aromatic heterocycles. The summed E-state index contributed by atoms with van der Waals surface area (Å²) in [6.07, 6.45) is 5.98. The Kier molecular flexibility index (Phi) is 4.72. The first-order valence-electron chi connectivity index (χ1n) is 8.13. The molecule has 126 valence electrons. The highest BCUT2D eigenvalue weighted by Crippen LogP contribution is 2.24. The van der Waals surface area contributed by atoms with E-state index in [-0.39, 0.29) is 0 Å². The molecular formula is C15H24N6O2. The van der Waals surface area contributed by atoms with Crippen LogP contribution in [0.15, 0.2) is 16.9 Å². The number of β-amino-alcohol motifs (C(OH)–C–C–N with tert-alkyl or cyclic N) is 1. The summed E-state index contributed by atoms with van der Waals surface area (Å²) in [5.41, 5.74) is -0.784. The second-order valence-electron chi connectivity index (χ2n) is 6.82. The quantitative estimate of drug-likeness (QED) is 0.809. The second-order valence-corrected chi connectivity index (χ2v) is 6.82. The molecule has 3 heterocycles. The molecule has 0 aromatic carbocycles. The number of hydrogen-bond acceptors (Lipinski definition) is 7. The Morgan fingerprint density at radius 2 is 2.30 bits per heavy atom. The molecule has 1 aliphatic heterocycles. The number of aryl methyl sites for hydroxylation is 1. The topological polar surface area (TPSA) is 93.1 Å². The third-order valence-corrected chi connectivity index (χ3v) is 4.15. The minimum atomic E-state index is -0.784. The normalized spacial score (nSPS) is 22.3. The largest absolute Gasteiger partial charge is 0.387 e. The Balaban J connectivity index is 1.51. The van der Waals surface area contributed by atoms with E-state index >= 15 is 0 Å². The molecular weight excluding hydrogens is 296 g/mol. The van der Waals surface area contributed by atoms with Gasteiger partial charge < -0.3 is 9.63 Å². The van der Waals surface area contributed by atoms with Crippen LogP contribution in [0.5, 0.6) is 0 Å². The second kappa shape index (κ2) is 6.76. The van der Waals surface area contributed by atoms with Gasteiger partial charge in [-0.25, -0.2) is 4.68 Å². The van der Waals surface area contributed by atoms with Crippen LogP contribution >= 0.6 is 0 Å². The predicted molar refractivity (Wildman–Crippen MR) is 82.3 cm³/mol. The van der Waals surface area contributed by atoms with Gasteiger partial charge in [-0.2, -0.15) is 4.98 Å². The summed E-state index contributed by atoms with van der Waals surface area (Å²) in [5, 5.41) is 22.4. The van der Waals surface area contributed by atoms with Gasteiger partial charge in [0.25, 0.3) is 0 Å². The van der Waals surface area contributed by atoms with Crippen LogP contribution < -0.4 is 0 Å². The third kappa shape index (κ3) is 4.35. The number of likely N-dealkylation sites (tertiary alicyclic amines) is 1. The van der Waals surface area contributed by atoms with E-state index in [4.69, 9.17) is 4.52 Å². The predicted octanol–water partition coefficient (Wildman–Crippen LogP) is 0.887. The molecule has 1 saturated heterocycles. The van der Waals surface area contributed by atoms with Crippen LogP contribution in [0.4, 0.5) is 0 Å². The van der Waals surface area contributed by atoms with Crippen molar-refractivity contribution in [3.8, 4) is 0 Å². The van der Waals surface area contributed by atoms with Crippen molar-refractivity contribution in [3.63, 3.8) is 0 Å². The van der Waals surface area contributed by atoms with Crippen molar-refractivity contribution in [1.29, 1.82) is 0 Å². The van der Waals surface area contributed by atoms with Crippen molar-refractivity contribution in [2.75, 3.05) is 13.1 Å². The maximum absolute atomic E-state index is 10.7. The Hall–Kier alpha value is -1.80. The monoisotopic (exact) mass is 320 g/mol. The number of hydrogen-bond donors (Lipinski definition) is 1. The van der Waals surface area contributed by atoms with Crippen LogP contribution in [0.1, 0.15) is 38.4 Å². The molecule has 0 aliphatic carbocycles. The summed E-state index contributed by atoms with van der Waals surface area (Å²) < 4.78 is 6.99. The Morgan fingerprint density at radius 3 is 3.04 bits per heavy atom. The minimum Gasteiger partial charge on any atom is -0.387 e. The van der Waals surface area contributed by atoms with E-state index in [1.165, 1.54) is 0 Å². The smallest absolute Gasteiger partial charge is 0.240 e. The highest BCUT2D eigenvalue weighted by molar-refractivity contribution is 4.93. The van der Waals surface area contributed by atoms with Crippen LogP contribution in [0.25, 0.3) is 0 Å². The first-order chi connectivity index (χ1) is 11.0. The highest BCUT2D eigenvalue weighted by Gasteiger charge is 2.37. The van der Waals surface area contributed by atoms with Crippen LogP contribution in [0.2, 0.25) is 0 Å².